The number of rotatable bonds is 5. The third-order valence-corrected chi connectivity index (χ3v) is 8.16. The monoisotopic (exact) mass is 458 g/mol. The molecule has 32 heavy (non-hydrogen) atoms. The van der Waals surface area contributed by atoms with Gasteiger partial charge in [0.1, 0.15) is 30.5 Å². The van der Waals surface area contributed by atoms with E-state index in [0.29, 0.717) is 28.3 Å². The lowest BCUT2D eigenvalue weighted by atomic mass is 9.90. The number of aliphatic hydroxyl groups excluding tert-OH is 4. The summed E-state index contributed by atoms with van der Waals surface area (Å²) in [5, 5.41) is 40.7. The Bertz CT molecular complexity index is 955. The molecule has 1 unspecified atom stereocenters. The fourth-order valence-corrected chi connectivity index (χ4v) is 5.72. The summed E-state index contributed by atoms with van der Waals surface area (Å²) in [6, 6.07) is 14.2. The molecule has 2 aromatic rings. The normalized spacial score (nSPS) is 33.5. The summed E-state index contributed by atoms with van der Waals surface area (Å²) in [6.07, 6.45) is 1.59. The first-order chi connectivity index (χ1) is 15.4. The summed E-state index contributed by atoms with van der Waals surface area (Å²) in [5.74, 6) is 0.685. The first-order valence-electron chi connectivity index (χ1n) is 11.6. The van der Waals surface area contributed by atoms with E-state index in [1.807, 2.05) is 6.07 Å². The fraction of sp³-hybridized carbons (Fsp3) is 0.538. The number of aliphatic hydroxyl groups is 4. The van der Waals surface area contributed by atoms with Crippen LogP contribution in [0, 0.1) is 5.41 Å². The van der Waals surface area contributed by atoms with Gasteiger partial charge in [-0.2, -0.15) is 0 Å². The standard InChI is InChI=1S/C26H31ClO5/c27-20-6-5-17(25-24(31)23(30)22(29)21(14-28)32-25)12-19(20)11-15-1-3-16(4-2-15)18-7-8-26(13-18)9-10-26/h1-6,12,18,21-25,28-31H,7-11,13-14H2/t18?,21-,22-,23+,24-,25-/m1/s1. The Morgan fingerprint density at radius 2 is 1.62 bits per heavy atom. The second-order valence-electron chi connectivity index (χ2n) is 9.96. The van der Waals surface area contributed by atoms with E-state index >= 15 is 0 Å². The molecule has 1 aliphatic heterocycles. The predicted molar refractivity (Wildman–Crippen MR) is 122 cm³/mol. The third kappa shape index (κ3) is 4.23. The van der Waals surface area contributed by atoms with Crippen molar-refractivity contribution in [2.24, 2.45) is 5.41 Å². The molecule has 0 bridgehead atoms. The van der Waals surface area contributed by atoms with Gasteiger partial charge in [0.2, 0.25) is 0 Å². The number of hydrogen-bond donors (Lipinski definition) is 4. The molecule has 6 atom stereocenters. The maximum Gasteiger partial charge on any atom is 0.113 e. The molecule has 0 aromatic heterocycles. The second-order valence-corrected chi connectivity index (χ2v) is 10.4. The maximum absolute atomic E-state index is 10.5. The van der Waals surface area contributed by atoms with Crippen LogP contribution in [0.5, 0.6) is 0 Å². The van der Waals surface area contributed by atoms with E-state index in [1.54, 1.807) is 12.1 Å². The molecular weight excluding hydrogens is 428 g/mol. The zero-order chi connectivity index (χ0) is 22.5. The topological polar surface area (TPSA) is 90.2 Å². The molecule has 0 radical (unpaired) electrons. The fourth-order valence-electron chi connectivity index (χ4n) is 5.53. The van der Waals surface area contributed by atoms with Gasteiger partial charge in [0.15, 0.2) is 0 Å². The van der Waals surface area contributed by atoms with Gasteiger partial charge < -0.3 is 25.2 Å². The van der Waals surface area contributed by atoms with Crippen LogP contribution in [-0.4, -0.2) is 51.4 Å². The zero-order valence-corrected chi connectivity index (χ0v) is 18.8. The summed E-state index contributed by atoms with van der Waals surface area (Å²) in [7, 11) is 0. The minimum Gasteiger partial charge on any atom is -0.394 e. The minimum atomic E-state index is -1.40. The van der Waals surface area contributed by atoms with Crippen molar-refractivity contribution in [3.8, 4) is 0 Å². The van der Waals surface area contributed by atoms with Crippen molar-refractivity contribution in [3.63, 3.8) is 0 Å². The van der Waals surface area contributed by atoms with Crippen LogP contribution in [0.15, 0.2) is 42.5 Å². The van der Waals surface area contributed by atoms with Crippen LogP contribution in [-0.2, 0) is 11.2 Å². The van der Waals surface area contributed by atoms with Crippen molar-refractivity contribution in [2.45, 2.75) is 75.0 Å². The van der Waals surface area contributed by atoms with Gasteiger partial charge in [-0.25, -0.2) is 0 Å². The summed E-state index contributed by atoms with van der Waals surface area (Å²) < 4.78 is 5.70. The molecule has 0 amide bonds. The van der Waals surface area contributed by atoms with E-state index in [1.165, 1.54) is 37.7 Å². The average Bonchev–Trinajstić information content (AvgIpc) is 3.43. The highest BCUT2D eigenvalue weighted by atomic mass is 35.5. The van der Waals surface area contributed by atoms with Crippen LogP contribution in [0.25, 0.3) is 0 Å². The predicted octanol–water partition coefficient (Wildman–Crippen LogP) is 3.49. The van der Waals surface area contributed by atoms with E-state index < -0.39 is 37.1 Å². The lowest BCUT2D eigenvalue weighted by Crippen LogP contribution is -2.55. The van der Waals surface area contributed by atoms with Gasteiger partial charge in [-0.05, 0) is 78.2 Å². The van der Waals surface area contributed by atoms with Crippen LogP contribution >= 0.6 is 11.6 Å². The smallest absolute Gasteiger partial charge is 0.113 e. The average molecular weight is 459 g/mol. The number of benzene rings is 2. The summed E-state index contributed by atoms with van der Waals surface area (Å²) in [5.41, 5.74) is 4.80. The Labute approximate surface area is 193 Å². The van der Waals surface area contributed by atoms with E-state index in [0.717, 1.165) is 11.1 Å². The number of hydrogen-bond acceptors (Lipinski definition) is 5. The number of halogens is 1. The van der Waals surface area contributed by atoms with Gasteiger partial charge in [0.05, 0.1) is 6.61 Å². The maximum atomic E-state index is 10.5. The Kier molecular flexibility index (Phi) is 6.08. The molecule has 6 heteroatoms. The van der Waals surface area contributed by atoms with Gasteiger partial charge in [0.25, 0.3) is 0 Å². The first-order valence-corrected chi connectivity index (χ1v) is 11.9. The van der Waals surface area contributed by atoms with Crippen molar-refractivity contribution in [2.75, 3.05) is 6.61 Å². The molecule has 4 N–H and O–H groups in total. The molecule has 1 heterocycles. The van der Waals surface area contributed by atoms with Crippen molar-refractivity contribution >= 4 is 11.6 Å². The summed E-state index contributed by atoms with van der Waals surface area (Å²) >= 11 is 6.47. The Morgan fingerprint density at radius 3 is 2.28 bits per heavy atom. The first kappa shape index (κ1) is 22.3. The molecule has 1 saturated heterocycles. The molecule has 1 spiro atoms. The largest absolute Gasteiger partial charge is 0.394 e. The lowest BCUT2D eigenvalue weighted by molar-refractivity contribution is -0.231. The van der Waals surface area contributed by atoms with Crippen LogP contribution in [0.4, 0.5) is 0 Å². The molecule has 2 saturated carbocycles. The minimum absolute atomic E-state index is 0.448. The van der Waals surface area contributed by atoms with Gasteiger partial charge in [0, 0.05) is 5.02 Å². The Morgan fingerprint density at radius 1 is 0.906 bits per heavy atom. The molecule has 5 rings (SSSR count). The molecule has 172 valence electrons. The van der Waals surface area contributed by atoms with Gasteiger partial charge in [-0.15, -0.1) is 0 Å². The van der Waals surface area contributed by atoms with Crippen molar-refractivity contribution in [1.82, 2.24) is 0 Å². The Balaban J connectivity index is 1.32. The summed E-state index contributed by atoms with van der Waals surface area (Å²) in [6.45, 7) is -0.448. The molecule has 3 fully saturated rings. The highest BCUT2D eigenvalue weighted by Crippen LogP contribution is 2.61. The molecule has 2 aliphatic carbocycles. The van der Waals surface area contributed by atoms with Crippen molar-refractivity contribution in [1.29, 1.82) is 0 Å². The van der Waals surface area contributed by atoms with Crippen LogP contribution < -0.4 is 0 Å². The molecular formula is C26H31ClO5. The number of ether oxygens (including phenoxy) is 1. The van der Waals surface area contributed by atoms with Crippen molar-refractivity contribution in [3.05, 3.63) is 69.7 Å². The van der Waals surface area contributed by atoms with Gasteiger partial charge >= 0.3 is 0 Å². The van der Waals surface area contributed by atoms with Gasteiger partial charge in [-0.3, -0.25) is 0 Å². The highest BCUT2D eigenvalue weighted by molar-refractivity contribution is 6.31. The van der Waals surface area contributed by atoms with Crippen LogP contribution in [0.3, 0.4) is 0 Å². The summed E-state index contributed by atoms with van der Waals surface area (Å²) in [4.78, 5) is 0. The molecule has 3 aliphatic rings. The Hall–Kier alpha value is -1.47. The van der Waals surface area contributed by atoms with E-state index in [2.05, 4.69) is 24.3 Å². The van der Waals surface area contributed by atoms with E-state index in [4.69, 9.17) is 16.3 Å². The molecule has 2 aromatic carbocycles. The van der Waals surface area contributed by atoms with E-state index in [9.17, 15) is 20.4 Å². The SMILES string of the molecule is OC[C@H]1O[C@H](c2ccc(Cl)c(Cc3ccc(C4CCC5(CC5)C4)cc3)c2)[C@H](O)[C@@H](O)[C@@H]1O. The van der Waals surface area contributed by atoms with Crippen molar-refractivity contribution < 1.29 is 25.2 Å². The van der Waals surface area contributed by atoms with Crippen LogP contribution in [0.1, 0.15) is 66.4 Å². The lowest BCUT2D eigenvalue weighted by Gasteiger charge is -2.40. The second kappa shape index (κ2) is 8.71. The zero-order valence-electron chi connectivity index (χ0n) is 18.0. The highest BCUT2D eigenvalue weighted by Gasteiger charge is 2.48. The third-order valence-electron chi connectivity index (χ3n) is 7.80. The van der Waals surface area contributed by atoms with Gasteiger partial charge in [-0.1, -0.05) is 48.0 Å². The molecule has 5 nitrogen and oxygen atoms in total. The van der Waals surface area contributed by atoms with E-state index in [-0.39, 0.29) is 0 Å². The quantitative estimate of drug-likeness (QED) is 0.550. The van der Waals surface area contributed by atoms with Crippen LogP contribution in [0.2, 0.25) is 5.02 Å².